The predicted octanol–water partition coefficient (Wildman–Crippen LogP) is 1.86. The molecule has 0 amide bonds. The van der Waals surface area contributed by atoms with Crippen molar-refractivity contribution in [2.45, 2.75) is 0 Å². The van der Waals surface area contributed by atoms with Crippen LogP contribution in [0.2, 0.25) is 0 Å². The molecule has 0 bridgehead atoms. The lowest BCUT2D eigenvalue weighted by atomic mass is 9.13. The molecule has 0 saturated heterocycles. The maximum absolute atomic E-state index is 11.5. The van der Waals surface area contributed by atoms with Crippen molar-refractivity contribution in [3.63, 3.8) is 0 Å². The van der Waals surface area contributed by atoms with Gasteiger partial charge in [0.25, 0.3) is 0 Å². The van der Waals surface area contributed by atoms with Crippen molar-refractivity contribution in [2.24, 2.45) is 0 Å². The van der Waals surface area contributed by atoms with Gasteiger partial charge in [-0.1, -0.05) is 97.1 Å². The first-order valence-electron chi connectivity index (χ1n) is 11.2. The summed E-state index contributed by atoms with van der Waals surface area (Å²) in [5.41, 5.74) is 2.93. The van der Waals surface area contributed by atoms with Gasteiger partial charge in [0.15, 0.2) is 0 Å². The third-order valence-corrected chi connectivity index (χ3v) is 6.63. The Morgan fingerprint density at radius 3 is 0.649 bits per heavy atom. The standard InChI is InChI=1S/C28H20BO8/c30-25(31)17-1-9-21(10-2-17)29(22-11-3-18(4-12-22)26(32)33,23-13-5-19(6-14-23)27(34)35)24-15-7-20(8-16-24)28(36)37/h1-16H,(H,30,31)(H,32,33)(H,34,35)(H,36,37)/q-1. The van der Waals surface area contributed by atoms with Gasteiger partial charge < -0.3 is 20.4 Å². The lowest BCUT2D eigenvalue weighted by Gasteiger charge is -2.44. The fraction of sp³-hybridized carbons (Fsp3) is 0. The van der Waals surface area contributed by atoms with Gasteiger partial charge >= 0.3 is 23.9 Å². The van der Waals surface area contributed by atoms with Crippen LogP contribution in [-0.4, -0.2) is 50.4 Å². The molecule has 4 rings (SSSR count). The molecule has 4 aromatic rings. The molecular weight excluding hydrogens is 475 g/mol. The van der Waals surface area contributed by atoms with E-state index in [1.807, 2.05) is 0 Å². The molecule has 4 N–H and O–H groups in total. The highest BCUT2D eigenvalue weighted by Crippen LogP contribution is 2.13. The molecule has 0 aliphatic rings. The summed E-state index contributed by atoms with van der Waals surface area (Å²) < 4.78 is 0. The maximum atomic E-state index is 11.5. The smallest absolute Gasteiger partial charge is 0.335 e. The van der Waals surface area contributed by atoms with E-state index in [-0.39, 0.29) is 22.3 Å². The first-order valence-corrected chi connectivity index (χ1v) is 11.2. The minimum Gasteiger partial charge on any atom is -0.478 e. The van der Waals surface area contributed by atoms with Crippen LogP contribution in [0.15, 0.2) is 97.1 Å². The number of hydrogen-bond donors (Lipinski definition) is 4. The molecule has 4 aromatic carbocycles. The van der Waals surface area contributed by atoms with Gasteiger partial charge in [-0.3, -0.25) is 0 Å². The fourth-order valence-corrected chi connectivity index (χ4v) is 4.81. The van der Waals surface area contributed by atoms with Crippen molar-refractivity contribution in [1.82, 2.24) is 0 Å². The number of hydrogen-bond acceptors (Lipinski definition) is 4. The Kier molecular flexibility index (Phi) is 6.62. The van der Waals surface area contributed by atoms with Crippen molar-refractivity contribution in [2.75, 3.05) is 0 Å². The molecule has 0 aliphatic heterocycles. The lowest BCUT2D eigenvalue weighted by Crippen LogP contribution is -2.74. The van der Waals surface area contributed by atoms with E-state index in [1.54, 1.807) is 48.5 Å². The van der Waals surface area contributed by atoms with Gasteiger partial charge in [-0.2, -0.15) is 21.9 Å². The zero-order valence-electron chi connectivity index (χ0n) is 19.2. The Morgan fingerprint density at radius 1 is 0.351 bits per heavy atom. The summed E-state index contributed by atoms with van der Waals surface area (Å²) in [5, 5.41) is 37.7. The van der Waals surface area contributed by atoms with E-state index in [4.69, 9.17) is 0 Å². The summed E-state index contributed by atoms with van der Waals surface area (Å²) in [6.07, 6.45) is -2.13. The molecule has 0 unspecified atom stereocenters. The Labute approximate surface area is 211 Å². The minimum absolute atomic E-state index is 0.0668. The topological polar surface area (TPSA) is 149 Å². The summed E-state index contributed by atoms with van der Waals surface area (Å²) in [6, 6.07) is 24.9. The van der Waals surface area contributed by atoms with Crippen LogP contribution in [0, 0.1) is 0 Å². The van der Waals surface area contributed by atoms with Gasteiger partial charge in [0, 0.05) is 0 Å². The van der Waals surface area contributed by atoms with Crippen molar-refractivity contribution in [3.05, 3.63) is 119 Å². The van der Waals surface area contributed by atoms with Gasteiger partial charge in [-0.15, -0.1) is 0 Å². The van der Waals surface area contributed by atoms with Crippen LogP contribution in [0.5, 0.6) is 0 Å². The molecule has 0 heterocycles. The Bertz CT molecular complexity index is 1250. The monoisotopic (exact) mass is 495 g/mol. The predicted molar refractivity (Wildman–Crippen MR) is 138 cm³/mol. The number of rotatable bonds is 8. The third kappa shape index (κ3) is 4.57. The Morgan fingerprint density at radius 2 is 0.514 bits per heavy atom. The van der Waals surface area contributed by atoms with Gasteiger partial charge in [0.1, 0.15) is 6.15 Å². The van der Waals surface area contributed by atoms with Crippen LogP contribution in [0.25, 0.3) is 0 Å². The van der Waals surface area contributed by atoms with Crippen LogP contribution < -0.4 is 21.9 Å². The molecule has 184 valence electrons. The highest BCUT2D eigenvalue weighted by Gasteiger charge is 2.32. The number of carboxylic acids is 4. The molecule has 0 spiro atoms. The molecule has 9 heteroatoms. The number of carbonyl (C=O) groups is 4. The van der Waals surface area contributed by atoms with E-state index in [1.165, 1.54) is 48.5 Å². The van der Waals surface area contributed by atoms with Gasteiger partial charge in [-0.05, 0) is 0 Å². The van der Waals surface area contributed by atoms with Crippen LogP contribution in [0.4, 0.5) is 0 Å². The molecule has 0 radical (unpaired) electrons. The van der Waals surface area contributed by atoms with Crippen molar-refractivity contribution < 1.29 is 39.6 Å². The third-order valence-electron chi connectivity index (χ3n) is 6.63. The highest BCUT2D eigenvalue weighted by molar-refractivity contribution is 7.19. The minimum atomic E-state index is -2.13. The van der Waals surface area contributed by atoms with Crippen LogP contribution >= 0.6 is 0 Å². The molecule has 0 aromatic heterocycles. The van der Waals surface area contributed by atoms with Crippen molar-refractivity contribution in [1.29, 1.82) is 0 Å². The van der Waals surface area contributed by atoms with Crippen molar-refractivity contribution >= 4 is 51.9 Å². The molecular formula is C28H20BO8-. The van der Waals surface area contributed by atoms with E-state index >= 15 is 0 Å². The van der Waals surface area contributed by atoms with E-state index in [0.717, 1.165) is 0 Å². The fourth-order valence-electron chi connectivity index (χ4n) is 4.81. The summed E-state index contributed by atoms with van der Waals surface area (Å²) >= 11 is 0. The van der Waals surface area contributed by atoms with E-state index in [2.05, 4.69) is 0 Å². The Hall–Kier alpha value is -5.18. The molecule has 0 atom stereocenters. The van der Waals surface area contributed by atoms with Crippen molar-refractivity contribution in [3.8, 4) is 0 Å². The van der Waals surface area contributed by atoms with E-state index < -0.39 is 30.0 Å². The number of carboxylic acid groups (broad SMARTS) is 4. The number of benzene rings is 4. The van der Waals surface area contributed by atoms with Gasteiger partial charge in [-0.25, -0.2) is 19.2 Å². The summed E-state index contributed by atoms with van der Waals surface area (Å²) in [7, 11) is 0. The second kappa shape index (κ2) is 9.83. The zero-order chi connectivity index (χ0) is 26.7. The summed E-state index contributed by atoms with van der Waals surface area (Å²) in [4.78, 5) is 46.1. The molecule has 8 nitrogen and oxygen atoms in total. The number of aromatic carboxylic acids is 4. The largest absolute Gasteiger partial charge is 0.478 e. The quantitative estimate of drug-likeness (QED) is 0.271. The second-order valence-corrected chi connectivity index (χ2v) is 8.57. The summed E-state index contributed by atoms with van der Waals surface area (Å²) in [5.74, 6) is -4.42. The molecule has 37 heavy (non-hydrogen) atoms. The van der Waals surface area contributed by atoms with Crippen LogP contribution in [0.3, 0.4) is 0 Å². The van der Waals surface area contributed by atoms with Crippen LogP contribution in [-0.2, 0) is 0 Å². The average Bonchev–Trinajstić information content (AvgIpc) is 2.90. The van der Waals surface area contributed by atoms with Gasteiger partial charge in [0.2, 0.25) is 0 Å². The van der Waals surface area contributed by atoms with E-state index in [0.29, 0.717) is 21.9 Å². The molecule has 0 aliphatic carbocycles. The first-order chi connectivity index (χ1) is 17.6. The molecule has 0 fully saturated rings. The highest BCUT2D eigenvalue weighted by atomic mass is 16.4. The first kappa shape index (κ1) is 24.9. The van der Waals surface area contributed by atoms with Gasteiger partial charge in [0.05, 0.1) is 22.3 Å². The maximum Gasteiger partial charge on any atom is 0.335 e. The summed E-state index contributed by atoms with van der Waals surface area (Å²) in [6.45, 7) is 0. The van der Waals surface area contributed by atoms with E-state index in [9.17, 15) is 39.6 Å². The second-order valence-electron chi connectivity index (χ2n) is 8.57. The lowest BCUT2D eigenvalue weighted by molar-refractivity contribution is 0.0686. The average molecular weight is 495 g/mol. The SMILES string of the molecule is O=C(O)c1ccc([B-](c2ccc(C(=O)O)cc2)(c2ccc(C(=O)O)cc2)c2ccc(C(=O)O)cc2)cc1. The zero-order valence-corrected chi connectivity index (χ0v) is 19.2. The molecule has 0 saturated carbocycles. The Balaban J connectivity index is 2.09. The normalized spacial score (nSPS) is 11.0. The van der Waals surface area contributed by atoms with Crippen LogP contribution in [0.1, 0.15) is 41.4 Å².